The summed E-state index contributed by atoms with van der Waals surface area (Å²) >= 11 is 0. The minimum Gasteiger partial charge on any atom is -0.336 e. The maximum Gasteiger partial charge on any atom is 0.259 e. The molecule has 6 nitrogen and oxygen atoms in total. The minimum absolute atomic E-state index is 0.0517. The average Bonchev–Trinajstić information content (AvgIpc) is 3.38. The summed E-state index contributed by atoms with van der Waals surface area (Å²) in [5.74, 6) is 0.528. The lowest BCUT2D eigenvalue weighted by molar-refractivity contribution is 0.0604. The first kappa shape index (κ1) is 18.4. The van der Waals surface area contributed by atoms with E-state index in [-0.39, 0.29) is 23.4 Å². The highest BCUT2D eigenvalue weighted by Gasteiger charge is 2.34. The van der Waals surface area contributed by atoms with E-state index < -0.39 is 0 Å². The maximum atomic E-state index is 13.6. The first-order chi connectivity index (χ1) is 12.7. The molecule has 2 unspecified atom stereocenters. The van der Waals surface area contributed by atoms with Crippen molar-refractivity contribution in [2.75, 3.05) is 13.1 Å². The van der Waals surface area contributed by atoms with E-state index in [9.17, 15) is 4.79 Å². The molecule has 1 aliphatic carbocycles. The zero-order chi connectivity index (χ0) is 19.3. The molecule has 1 saturated heterocycles. The average molecular weight is 370 g/mol. The lowest BCUT2D eigenvalue weighted by atomic mass is 9.89. The molecule has 1 aliphatic heterocycles. The van der Waals surface area contributed by atoms with Crippen LogP contribution in [0.15, 0.2) is 10.6 Å². The number of amides is 1. The number of nitrogens with one attached hydrogen (secondary N) is 1. The summed E-state index contributed by atoms with van der Waals surface area (Å²) in [5, 5.41) is 8.55. The molecule has 3 heterocycles. The lowest BCUT2D eigenvalue weighted by Crippen LogP contribution is -2.57. The van der Waals surface area contributed by atoms with E-state index in [1.54, 1.807) is 0 Å². The molecule has 2 aromatic heterocycles. The van der Waals surface area contributed by atoms with Gasteiger partial charge in [0, 0.05) is 36.8 Å². The summed E-state index contributed by atoms with van der Waals surface area (Å²) in [6, 6.07) is 2.43. The van der Waals surface area contributed by atoms with E-state index in [0.717, 1.165) is 42.6 Å². The molecule has 146 valence electrons. The molecule has 0 bridgehead atoms. The van der Waals surface area contributed by atoms with Crippen LogP contribution < -0.4 is 5.32 Å². The number of carbonyl (C=O) groups is 1. The van der Waals surface area contributed by atoms with Crippen molar-refractivity contribution < 1.29 is 9.32 Å². The van der Waals surface area contributed by atoms with Crippen molar-refractivity contribution in [3.8, 4) is 0 Å². The van der Waals surface area contributed by atoms with Crippen molar-refractivity contribution >= 4 is 17.0 Å². The predicted molar refractivity (Wildman–Crippen MR) is 105 cm³/mol. The Balaban J connectivity index is 1.81. The Bertz CT molecular complexity index is 863. The second-order valence-corrected chi connectivity index (χ2v) is 9.40. The van der Waals surface area contributed by atoms with E-state index in [1.165, 1.54) is 0 Å². The van der Waals surface area contributed by atoms with Gasteiger partial charge in [-0.2, -0.15) is 0 Å². The largest absolute Gasteiger partial charge is 0.336 e. The van der Waals surface area contributed by atoms with Crippen LogP contribution in [0.1, 0.15) is 75.1 Å². The number of hydrogen-bond acceptors (Lipinski definition) is 5. The molecule has 2 aromatic rings. The summed E-state index contributed by atoms with van der Waals surface area (Å²) in [7, 11) is 0. The van der Waals surface area contributed by atoms with E-state index >= 15 is 0 Å². The van der Waals surface area contributed by atoms with Gasteiger partial charge in [-0.15, -0.1) is 0 Å². The molecular formula is C21H30N4O2. The van der Waals surface area contributed by atoms with Crippen molar-refractivity contribution in [1.29, 1.82) is 0 Å². The molecule has 0 radical (unpaired) electrons. The molecule has 27 heavy (non-hydrogen) atoms. The van der Waals surface area contributed by atoms with Crippen LogP contribution in [-0.2, 0) is 6.42 Å². The van der Waals surface area contributed by atoms with E-state index in [2.05, 4.69) is 45.1 Å². The standard InChI is InChI=1S/C21H30N4O2/c1-12-13(2)25(9-8-22-12)20(26)15-10-16(14-6-7-14)23-19-18(15)17(24-27-19)11-21(3,4)5/h10,12-14,22H,6-9,11H2,1-5H3. The highest BCUT2D eigenvalue weighted by Crippen LogP contribution is 2.41. The van der Waals surface area contributed by atoms with Gasteiger partial charge in [0.05, 0.1) is 16.6 Å². The molecule has 6 heteroatoms. The number of rotatable bonds is 3. The van der Waals surface area contributed by atoms with Gasteiger partial charge in [0.25, 0.3) is 11.6 Å². The van der Waals surface area contributed by atoms with Crippen molar-refractivity contribution in [3.63, 3.8) is 0 Å². The highest BCUT2D eigenvalue weighted by molar-refractivity contribution is 6.06. The molecule has 1 N–H and O–H groups in total. The van der Waals surface area contributed by atoms with Crippen LogP contribution in [0.5, 0.6) is 0 Å². The predicted octanol–water partition coefficient (Wildman–Crippen LogP) is 3.51. The van der Waals surface area contributed by atoms with Crippen molar-refractivity contribution in [3.05, 3.63) is 23.0 Å². The van der Waals surface area contributed by atoms with Crippen LogP contribution in [0.3, 0.4) is 0 Å². The topological polar surface area (TPSA) is 71.3 Å². The van der Waals surface area contributed by atoms with Crippen LogP contribution >= 0.6 is 0 Å². The Morgan fingerprint density at radius 2 is 2.07 bits per heavy atom. The second-order valence-electron chi connectivity index (χ2n) is 9.40. The van der Waals surface area contributed by atoms with Crippen molar-refractivity contribution in [2.45, 2.75) is 71.9 Å². The first-order valence-electron chi connectivity index (χ1n) is 10.1. The Hall–Kier alpha value is -1.95. The van der Waals surface area contributed by atoms with Gasteiger partial charge < -0.3 is 14.7 Å². The number of carbonyl (C=O) groups excluding carboxylic acids is 1. The highest BCUT2D eigenvalue weighted by atomic mass is 16.5. The van der Waals surface area contributed by atoms with Gasteiger partial charge in [-0.1, -0.05) is 25.9 Å². The lowest BCUT2D eigenvalue weighted by Gasteiger charge is -2.38. The Morgan fingerprint density at radius 3 is 2.74 bits per heavy atom. The maximum absolute atomic E-state index is 13.6. The van der Waals surface area contributed by atoms with Crippen molar-refractivity contribution in [2.24, 2.45) is 5.41 Å². The van der Waals surface area contributed by atoms with E-state index in [1.807, 2.05) is 11.0 Å². The molecule has 0 spiro atoms. The first-order valence-corrected chi connectivity index (χ1v) is 10.1. The number of hydrogen-bond donors (Lipinski definition) is 1. The van der Waals surface area contributed by atoms with Gasteiger partial charge in [-0.05, 0) is 44.6 Å². The van der Waals surface area contributed by atoms with Gasteiger partial charge in [0.1, 0.15) is 0 Å². The SMILES string of the molecule is CC1NCCN(C(=O)c2cc(C3CC3)nc3onc(CC(C)(C)C)c23)C1C. The second kappa shape index (κ2) is 6.59. The fourth-order valence-electron chi connectivity index (χ4n) is 3.91. The molecule has 2 aliphatic rings. The number of nitrogens with zero attached hydrogens (tertiary/aromatic N) is 3. The molecular weight excluding hydrogens is 340 g/mol. The fraction of sp³-hybridized carbons (Fsp3) is 0.667. The van der Waals surface area contributed by atoms with Crippen LogP contribution in [-0.4, -0.2) is 46.1 Å². The third kappa shape index (κ3) is 3.59. The van der Waals surface area contributed by atoms with Crippen LogP contribution in [0.4, 0.5) is 0 Å². The number of pyridine rings is 1. The van der Waals surface area contributed by atoms with Gasteiger partial charge >= 0.3 is 0 Å². The molecule has 2 fully saturated rings. The minimum atomic E-state index is 0.0517. The zero-order valence-electron chi connectivity index (χ0n) is 17.0. The van der Waals surface area contributed by atoms with Crippen LogP contribution in [0.2, 0.25) is 0 Å². The van der Waals surface area contributed by atoms with Crippen molar-refractivity contribution in [1.82, 2.24) is 20.4 Å². The molecule has 0 aromatic carbocycles. The normalized spacial score (nSPS) is 23.8. The smallest absolute Gasteiger partial charge is 0.259 e. The number of aromatic nitrogens is 2. The van der Waals surface area contributed by atoms with Gasteiger partial charge in [-0.3, -0.25) is 4.79 Å². The zero-order valence-corrected chi connectivity index (χ0v) is 17.0. The summed E-state index contributed by atoms with van der Waals surface area (Å²) in [6.07, 6.45) is 3.02. The Morgan fingerprint density at radius 1 is 1.33 bits per heavy atom. The summed E-state index contributed by atoms with van der Waals surface area (Å²) in [4.78, 5) is 20.3. The van der Waals surface area contributed by atoms with Crippen LogP contribution in [0.25, 0.3) is 11.1 Å². The third-order valence-corrected chi connectivity index (χ3v) is 5.76. The van der Waals surface area contributed by atoms with Crippen LogP contribution in [0, 0.1) is 5.41 Å². The quantitative estimate of drug-likeness (QED) is 0.895. The summed E-state index contributed by atoms with van der Waals surface area (Å²) in [6.45, 7) is 12.3. The Labute approximate surface area is 160 Å². The van der Waals surface area contributed by atoms with Gasteiger partial charge in [-0.25, -0.2) is 4.98 Å². The number of piperazine rings is 1. The molecule has 4 rings (SSSR count). The molecule has 1 amide bonds. The fourth-order valence-corrected chi connectivity index (χ4v) is 3.91. The number of fused-ring (bicyclic) bond motifs is 1. The Kier molecular flexibility index (Phi) is 4.49. The van der Waals surface area contributed by atoms with E-state index in [4.69, 9.17) is 9.51 Å². The summed E-state index contributed by atoms with van der Waals surface area (Å²) < 4.78 is 5.60. The van der Waals surface area contributed by atoms with Gasteiger partial charge in [0.2, 0.25) is 0 Å². The third-order valence-electron chi connectivity index (χ3n) is 5.76. The van der Waals surface area contributed by atoms with E-state index in [0.29, 0.717) is 23.7 Å². The molecule has 2 atom stereocenters. The summed E-state index contributed by atoms with van der Waals surface area (Å²) in [5.41, 5.74) is 3.09. The van der Waals surface area contributed by atoms with Gasteiger partial charge in [0.15, 0.2) is 0 Å². The molecule has 1 saturated carbocycles. The monoisotopic (exact) mass is 370 g/mol.